The third-order valence-corrected chi connectivity index (χ3v) is 4.15. The average Bonchev–Trinajstić information content (AvgIpc) is 2.50. The van der Waals surface area contributed by atoms with Crippen molar-refractivity contribution in [1.29, 1.82) is 0 Å². The molecule has 21 heavy (non-hydrogen) atoms. The molecule has 0 saturated carbocycles. The lowest BCUT2D eigenvalue weighted by Gasteiger charge is -2.20. The zero-order valence-corrected chi connectivity index (χ0v) is 14.5. The summed E-state index contributed by atoms with van der Waals surface area (Å²) in [7, 11) is 0. The summed E-state index contributed by atoms with van der Waals surface area (Å²) in [5, 5.41) is 3.68. The largest absolute Gasteiger partial charge is 0.306 e. The van der Waals surface area contributed by atoms with Crippen molar-refractivity contribution in [1.82, 2.24) is 5.32 Å². The van der Waals surface area contributed by atoms with Gasteiger partial charge in [0.2, 0.25) is 0 Å². The van der Waals surface area contributed by atoms with Crippen LogP contribution in [0.5, 0.6) is 0 Å². The molecule has 0 aliphatic carbocycles. The Hall–Kier alpha value is -1.12. The number of nitrogens with one attached hydrogen (secondary N) is 1. The second-order valence-corrected chi connectivity index (χ2v) is 6.35. The molecule has 0 saturated heterocycles. The van der Waals surface area contributed by atoms with Gasteiger partial charge < -0.3 is 5.32 Å². The lowest BCUT2D eigenvalue weighted by molar-refractivity contribution is 0.598. The molecule has 0 aromatic heterocycles. The van der Waals surface area contributed by atoms with Gasteiger partial charge in [-0.05, 0) is 48.2 Å². The summed E-state index contributed by atoms with van der Waals surface area (Å²) in [5.74, 6) is 0. The summed E-state index contributed by atoms with van der Waals surface area (Å²) in [6.07, 6.45) is 3.48. The van der Waals surface area contributed by atoms with E-state index in [0.29, 0.717) is 0 Å². The first kappa shape index (κ1) is 16.3. The van der Waals surface area contributed by atoms with E-state index in [2.05, 4.69) is 83.6 Å². The molecule has 2 rings (SSSR count). The Kier molecular flexibility index (Phi) is 6.47. The SMILES string of the molecule is CCCNC(c1ccc(Br)cc1)c1cccc(CCC)c1. The summed E-state index contributed by atoms with van der Waals surface area (Å²) < 4.78 is 1.13. The van der Waals surface area contributed by atoms with Gasteiger partial charge in [0, 0.05) is 4.47 Å². The van der Waals surface area contributed by atoms with Gasteiger partial charge in [-0.1, -0.05) is 72.6 Å². The number of benzene rings is 2. The smallest absolute Gasteiger partial charge is 0.0576 e. The van der Waals surface area contributed by atoms with E-state index in [1.165, 1.54) is 23.1 Å². The summed E-state index contributed by atoms with van der Waals surface area (Å²) in [6.45, 7) is 5.46. The third kappa shape index (κ3) is 4.69. The van der Waals surface area contributed by atoms with Crippen LogP contribution in [-0.4, -0.2) is 6.54 Å². The Bertz CT molecular complexity index is 548. The van der Waals surface area contributed by atoms with Crippen molar-refractivity contribution in [2.24, 2.45) is 0 Å². The van der Waals surface area contributed by atoms with Crippen molar-refractivity contribution in [2.75, 3.05) is 6.54 Å². The Morgan fingerprint density at radius 3 is 2.38 bits per heavy atom. The van der Waals surface area contributed by atoms with Gasteiger partial charge in [-0.3, -0.25) is 0 Å². The third-order valence-electron chi connectivity index (χ3n) is 3.62. The molecule has 2 aromatic carbocycles. The Labute approximate surface area is 136 Å². The van der Waals surface area contributed by atoms with Gasteiger partial charge in [0.15, 0.2) is 0 Å². The molecule has 0 bridgehead atoms. The van der Waals surface area contributed by atoms with Crippen LogP contribution in [-0.2, 0) is 6.42 Å². The van der Waals surface area contributed by atoms with Gasteiger partial charge in [-0.2, -0.15) is 0 Å². The highest BCUT2D eigenvalue weighted by atomic mass is 79.9. The number of aryl methyl sites for hydroxylation is 1. The highest BCUT2D eigenvalue weighted by Crippen LogP contribution is 2.25. The van der Waals surface area contributed by atoms with Gasteiger partial charge in [-0.15, -0.1) is 0 Å². The van der Waals surface area contributed by atoms with Crippen LogP contribution in [0.1, 0.15) is 49.4 Å². The van der Waals surface area contributed by atoms with Crippen LogP contribution >= 0.6 is 15.9 Å². The van der Waals surface area contributed by atoms with Crippen LogP contribution < -0.4 is 5.32 Å². The molecule has 1 N–H and O–H groups in total. The molecule has 0 spiro atoms. The molecule has 0 fully saturated rings. The summed E-state index contributed by atoms with van der Waals surface area (Å²) in [4.78, 5) is 0. The fourth-order valence-corrected chi connectivity index (χ4v) is 2.85. The predicted molar refractivity (Wildman–Crippen MR) is 94.7 cm³/mol. The molecule has 2 aromatic rings. The van der Waals surface area contributed by atoms with Crippen LogP contribution in [0.2, 0.25) is 0 Å². The van der Waals surface area contributed by atoms with Crippen molar-refractivity contribution >= 4 is 15.9 Å². The van der Waals surface area contributed by atoms with Crippen molar-refractivity contribution < 1.29 is 0 Å². The Balaban J connectivity index is 2.30. The van der Waals surface area contributed by atoms with Crippen LogP contribution in [0, 0.1) is 0 Å². The van der Waals surface area contributed by atoms with Gasteiger partial charge in [0.1, 0.15) is 0 Å². The highest BCUT2D eigenvalue weighted by molar-refractivity contribution is 9.10. The minimum atomic E-state index is 0.273. The molecular weight excluding hydrogens is 322 g/mol. The normalized spacial score (nSPS) is 12.3. The first-order chi connectivity index (χ1) is 10.2. The summed E-state index contributed by atoms with van der Waals surface area (Å²) >= 11 is 3.52. The first-order valence-electron chi connectivity index (χ1n) is 7.82. The molecular formula is C19H24BrN. The van der Waals surface area contributed by atoms with E-state index in [1.54, 1.807) is 0 Å². The molecule has 2 heteroatoms. The van der Waals surface area contributed by atoms with E-state index in [0.717, 1.165) is 23.9 Å². The highest BCUT2D eigenvalue weighted by Gasteiger charge is 2.13. The van der Waals surface area contributed by atoms with Crippen LogP contribution in [0.4, 0.5) is 0 Å². The second kappa shape index (κ2) is 8.35. The maximum absolute atomic E-state index is 3.68. The zero-order valence-electron chi connectivity index (χ0n) is 12.9. The fraction of sp³-hybridized carbons (Fsp3) is 0.368. The number of rotatable bonds is 7. The maximum Gasteiger partial charge on any atom is 0.0576 e. The molecule has 0 heterocycles. The summed E-state index contributed by atoms with van der Waals surface area (Å²) in [5.41, 5.74) is 4.10. The van der Waals surface area contributed by atoms with Crippen molar-refractivity contribution in [3.05, 3.63) is 69.7 Å². The van der Waals surface area contributed by atoms with E-state index < -0.39 is 0 Å². The Morgan fingerprint density at radius 1 is 0.952 bits per heavy atom. The quantitative estimate of drug-likeness (QED) is 0.699. The molecule has 0 aliphatic rings. The molecule has 0 radical (unpaired) electrons. The van der Waals surface area contributed by atoms with Crippen molar-refractivity contribution in [3.63, 3.8) is 0 Å². The number of hydrogen-bond donors (Lipinski definition) is 1. The standard InChI is InChI=1S/C19H24BrN/c1-3-6-15-7-5-8-17(14-15)19(21-13-4-2)16-9-11-18(20)12-10-16/h5,7-12,14,19,21H,3-4,6,13H2,1-2H3. The van der Waals surface area contributed by atoms with Crippen LogP contribution in [0.15, 0.2) is 53.0 Å². The maximum atomic E-state index is 3.68. The molecule has 1 atom stereocenters. The fourth-order valence-electron chi connectivity index (χ4n) is 2.59. The van der Waals surface area contributed by atoms with Gasteiger partial charge >= 0.3 is 0 Å². The van der Waals surface area contributed by atoms with Gasteiger partial charge in [-0.25, -0.2) is 0 Å². The minimum Gasteiger partial charge on any atom is -0.306 e. The Morgan fingerprint density at radius 2 is 1.71 bits per heavy atom. The van der Waals surface area contributed by atoms with E-state index >= 15 is 0 Å². The molecule has 1 nitrogen and oxygen atoms in total. The van der Waals surface area contributed by atoms with E-state index in [1.807, 2.05) is 0 Å². The molecule has 1 unspecified atom stereocenters. The van der Waals surface area contributed by atoms with Crippen molar-refractivity contribution in [2.45, 2.75) is 39.2 Å². The van der Waals surface area contributed by atoms with Crippen molar-refractivity contribution in [3.8, 4) is 0 Å². The van der Waals surface area contributed by atoms with Crippen LogP contribution in [0.3, 0.4) is 0 Å². The first-order valence-corrected chi connectivity index (χ1v) is 8.61. The van der Waals surface area contributed by atoms with E-state index in [4.69, 9.17) is 0 Å². The average molecular weight is 346 g/mol. The second-order valence-electron chi connectivity index (χ2n) is 5.43. The van der Waals surface area contributed by atoms with E-state index in [9.17, 15) is 0 Å². The topological polar surface area (TPSA) is 12.0 Å². The molecule has 0 amide bonds. The lowest BCUT2D eigenvalue weighted by Crippen LogP contribution is -2.23. The van der Waals surface area contributed by atoms with Gasteiger partial charge in [0.25, 0.3) is 0 Å². The lowest BCUT2D eigenvalue weighted by atomic mass is 9.96. The molecule has 0 aliphatic heterocycles. The van der Waals surface area contributed by atoms with E-state index in [-0.39, 0.29) is 6.04 Å². The number of hydrogen-bond acceptors (Lipinski definition) is 1. The monoisotopic (exact) mass is 345 g/mol. The summed E-state index contributed by atoms with van der Waals surface area (Å²) in [6, 6.07) is 17.9. The zero-order chi connectivity index (χ0) is 15.1. The minimum absolute atomic E-state index is 0.273. The predicted octanol–water partition coefficient (Wildman–Crippen LogP) is 5.49. The molecule has 112 valence electrons. The van der Waals surface area contributed by atoms with Crippen LogP contribution in [0.25, 0.3) is 0 Å². The van der Waals surface area contributed by atoms with Gasteiger partial charge in [0.05, 0.1) is 6.04 Å². The number of halogens is 1.